The number of unbranched alkanes of at least 4 members (excludes halogenated alkanes) is 10. The highest BCUT2D eigenvalue weighted by molar-refractivity contribution is 5.72. The van der Waals surface area contributed by atoms with Crippen LogP contribution in [0.4, 0.5) is 0 Å². The summed E-state index contributed by atoms with van der Waals surface area (Å²) in [5.74, 6) is -0.123. The van der Waals surface area contributed by atoms with Gasteiger partial charge in [0.15, 0.2) is 0 Å². The number of hydrogen-bond donors (Lipinski definition) is 1. The van der Waals surface area contributed by atoms with E-state index < -0.39 is 0 Å². The minimum absolute atomic E-state index is 0.0351. The number of ether oxygens (including phenoxy) is 2. The second-order valence-electron chi connectivity index (χ2n) is 9.37. The molecule has 0 aliphatic rings. The summed E-state index contributed by atoms with van der Waals surface area (Å²) in [5, 5.41) is 3.19. The summed E-state index contributed by atoms with van der Waals surface area (Å²) in [6.07, 6.45) is 23.0. The van der Waals surface area contributed by atoms with E-state index in [1.807, 2.05) is 0 Å². The Morgan fingerprint density at radius 1 is 0.706 bits per heavy atom. The number of allylic oxidation sites excluding steroid dienone is 2. The molecular weight excluding hydrogens is 426 g/mol. The molecule has 0 aromatic carbocycles. The molecule has 0 aromatic heterocycles. The fourth-order valence-electron chi connectivity index (χ4n) is 3.96. The molecule has 0 bridgehead atoms. The Balaban J connectivity index is 3.89. The molecule has 0 aliphatic heterocycles. The van der Waals surface area contributed by atoms with Crippen molar-refractivity contribution in [2.75, 3.05) is 26.3 Å². The molecule has 0 heterocycles. The van der Waals surface area contributed by atoms with E-state index in [2.05, 4.69) is 38.2 Å². The van der Waals surface area contributed by atoms with Gasteiger partial charge >= 0.3 is 11.9 Å². The van der Waals surface area contributed by atoms with Gasteiger partial charge in [-0.3, -0.25) is 9.59 Å². The quantitative estimate of drug-likeness (QED) is 0.0829. The van der Waals surface area contributed by atoms with Gasteiger partial charge in [0.1, 0.15) is 13.2 Å². The molecule has 0 radical (unpaired) electrons. The molecule has 34 heavy (non-hydrogen) atoms. The molecule has 1 unspecified atom stereocenters. The van der Waals surface area contributed by atoms with E-state index in [9.17, 15) is 9.59 Å². The Morgan fingerprint density at radius 2 is 1.29 bits per heavy atom. The first-order chi connectivity index (χ1) is 16.7. The topological polar surface area (TPSA) is 64.6 Å². The van der Waals surface area contributed by atoms with Crippen molar-refractivity contribution < 1.29 is 19.1 Å². The third kappa shape index (κ3) is 22.4. The summed E-state index contributed by atoms with van der Waals surface area (Å²) in [6, 6.07) is 0. The molecule has 200 valence electrons. The van der Waals surface area contributed by atoms with Crippen LogP contribution in [0, 0.1) is 5.92 Å². The third-order valence-corrected chi connectivity index (χ3v) is 6.11. The lowest BCUT2D eigenvalue weighted by Gasteiger charge is -2.16. The molecule has 0 fully saturated rings. The van der Waals surface area contributed by atoms with Gasteiger partial charge in [-0.15, -0.1) is 0 Å². The molecule has 0 spiro atoms. The Hall–Kier alpha value is -1.36. The van der Waals surface area contributed by atoms with Crippen molar-refractivity contribution in [1.29, 1.82) is 0 Å². The summed E-state index contributed by atoms with van der Waals surface area (Å²) >= 11 is 0. The Labute approximate surface area is 210 Å². The van der Waals surface area contributed by atoms with Gasteiger partial charge in [0.05, 0.1) is 5.92 Å². The van der Waals surface area contributed by atoms with Crippen molar-refractivity contribution in [3.05, 3.63) is 12.2 Å². The summed E-state index contributed by atoms with van der Waals surface area (Å²) in [5.41, 5.74) is 0. The van der Waals surface area contributed by atoms with Crippen molar-refractivity contribution in [2.24, 2.45) is 5.92 Å². The third-order valence-electron chi connectivity index (χ3n) is 6.11. The number of hydrogen-bond acceptors (Lipinski definition) is 5. The van der Waals surface area contributed by atoms with E-state index in [0.717, 1.165) is 51.4 Å². The number of nitrogens with one attached hydrogen (secondary N) is 1. The normalized spacial score (nSPS) is 12.2. The van der Waals surface area contributed by atoms with Gasteiger partial charge in [-0.2, -0.15) is 0 Å². The van der Waals surface area contributed by atoms with Crippen molar-refractivity contribution in [2.45, 2.75) is 130 Å². The zero-order valence-electron chi connectivity index (χ0n) is 22.7. The molecule has 0 saturated carbocycles. The van der Waals surface area contributed by atoms with Gasteiger partial charge in [0.2, 0.25) is 0 Å². The van der Waals surface area contributed by atoms with Crippen LogP contribution in [0.5, 0.6) is 0 Å². The maximum absolute atomic E-state index is 12.6. The van der Waals surface area contributed by atoms with Gasteiger partial charge in [0.25, 0.3) is 0 Å². The van der Waals surface area contributed by atoms with Crippen molar-refractivity contribution >= 4 is 11.9 Å². The highest BCUT2D eigenvalue weighted by Crippen LogP contribution is 2.20. The molecule has 0 rings (SSSR count). The number of carbonyl (C=O) groups is 2. The number of rotatable bonds is 25. The molecule has 0 aromatic rings. The van der Waals surface area contributed by atoms with Crippen LogP contribution in [0.2, 0.25) is 0 Å². The summed E-state index contributed by atoms with van der Waals surface area (Å²) in [7, 11) is 0. The zero-order valence-corrected chi connectivity index (χ0v) is 22.7. The van der Waals surface area contributed by atoms with Gasteiger partial charge in [-0.05, 0) is 38.5 Å². The van der Waals surface area contributed by atoms with Gasteiger partial charge in [-0.25, -0.2) is 0 Å². The lowest BCUT2D eigenvalue weighted by atomic mass is 9.94. The minimum atomic E-state index is -0.131. The van der Waals surface area contributed by atoms with Crippen LogP contribution < -0.4 is 5.32 Å². The summed E-state index contributed by atoms with van der Waals surface area (Å²) < 4.78 is 10.8. The highest BCUT2D eigenvalue weighted by atomic mass is 16.5. The molecule has 0 aliphatic carbocycles. The molecular formula is C29H55NO4. The first-order valence-electron chi connectivity index (χ1n) is 14.3. The lowest BCUT2D eigenvalue weighted by molar-refractivity contribution is -0.149. The first kappa shape index (κ1) is 32.6. The fraction of sp³-hybridized carbons (Fsp3) is 0.862. The zero-order chi connectivity index (χ0) is 25.1. The van der Waals surface area contributed by atoms with Crippen molar-refractivity contribution in [3.8, 4) is 0 Å². The Morgan fingerprint density at radius 3 is 1.94 bits per heavy atom. The van der Waals surface area contributed by atoms with Gasteiger partial charge in [0, 0.05) is 19.5 Å². The van der Waals surface area contributed by atoms with Crippen LogP contribution in [0.1, 0.15) is 130 Å². The highest BCUT2D eigenvalue weighted by Gasteiger charge is 2.19. The molecule has 0 amide bonds. The lowest BCUT2D eigenvalue weighted by Crippen LogP contribution is -2.27. The van der Waals surface area contributed by atoms with E-state index in [1.54, 1.807) is 0 Å². The van der Waals surface area contributed by atoms with E-state index >= 15 is 0 Å². The van der Waals surface area contributed by atoms with Crippen LogP contribution in [0.3, 0.4) is 0 Å². The molecule has 1 atom stereocenters. The maximum atomic E-state index is 12.6. The van der Waals surface area contributed by atoms with Crippen molar-refractivity contribution in [3.63, 3.8) is 0 Å². The van der Waals surface area contributed by atoms with E-state index in [1.165, 1.54) is 51.4 Å². The van der Waals surface area contributed by atoms with Crippen molar-refractivity contribution in [1.82, 2.24) is 5.32 Å². The van der Waals surface area contributed by atoms with Crippen LogP contribution in [-0.2, 0) is 19.1 Å². The number of carbonyl (C=O) groups excluding carboxylic acids is 2. The standard InChI is InChI=1S/C29H55NO4/c1-4-7-10-13-15-18-21-27(20-17-12-9-6-3)29(32)34-26-24-30-23-25-33-28(31)22-19-16-14-11-8-5-2/h8,11,27,30H,4-7,9-10,12-26H2,1-3H3/b11-8-. The second kappa shape index (κ2) is 26.2. The van der Waals surface area contributed by atoms with Crippen LogP contribution >= 0.6 is 0 Å². The summed E-state index contributed by atoms with van der Waals surface area (Å²) in [4.78, 5) is 24.3. The van der Waals surface area contributed by atoms with E-state index in [-0.39, 0.29) is 17.9 Å². The molecule has 5 nitrogen and oxygen atoms in total. The SMILES string of the molecule is CC/C=C\CCCCC(=O)OCCNCCOC(=O)C(CCCCCC)CCCCCCCC. The Kier molecular flexibility index (Phi) is 25.2. The van der Waals surface area contributed by atoms with E-state index in [4.69, 9.17) is 9.47 Å². The monoisotopic (exact) mass is 481 g/mol. The predicted molar refractivity (Wildman–Crippen MR) is 143 cm³/mol. The smallest absolute Gasteiger partial charge is 0.308 e. The Bertz CT molecular complexity index is 493. The fourth-order valence-corrected chi connectivity index (χ4v) is 3.96. The average Bonchev–Trinajstić information content (AvgIpc) is 2.84. The van der Waals surface area contributed by atoms with Crippen LogP contribution in [-0.4, -0.2) is 38.2 Å². The van der Waals surface area contributed by atoms with Crippen LogP contribution in [0.25, 0.3) is 0 Å². The van der Waals surface area contributed by atoms with Gasteiger partial charge in [-0.1, -0.05) is 97.1 Å². The van der Waals surface area contributed by atoms with Gasteiger partial charge < -0.3 is 14.8 Å². The second-order valence-corrected chi connectivity index (χ2v) is 9.37. The number of esters is 2. The maximum Gasteiger partial charge on any atom is 0.308 e. The van der Waals surface area contributed by atoms with E-state index in [0.29, 0.717) is 32.7 Å². The molecule has 0 saturated heterocycles. The summed E-state index contributed by atoms with van der Waals surface area (Å²) in [6.45, 7) is 8.48. The average molecular weight is 482 g/mol. The molecule has 5 heteroatoms. The predicted octanol–water partition coefficient (Wildman–Crippen LogP) is 7.53. The molecule has 1 N–H and O–H groups in total. The largest absolute Gasteiger partial charge is 0.464 e. The van der Waals surface area contributed by atoms with Crippen LogP contribution in [0.15, 0.2) is 12.2 Å². The minimum Gasteiger partial charge on any atom is -0.464 e. The first-order valence-corrected chi connectivity index (χ1v) is 14.3.